The van der Waals surface area contributed by atoms with Crippen LogP contribution in [0.5, 0.6) is 0 Å². The Morgan fingerprint density at radius 1 is 0.714 bits per heavy atom. The standard InChI is InChI=1S/C26H34N4O5/c1-16(2)22(27)25(33)30-21(15-19-12-8-5-9-13-19)24(32)29-20(14-18-10-6-4-7-11-18)23(31)28-17(3)26(34)35/h4-13,16-17,20-22H,14-15,27H2,1-3H3,(H,28,31)(H,29,32)(H,30,33)(H,34,35). The highest BCUT2D eigenvalue weighted by atomic mass is 16.4. The highest BCUT2D eigenvalue weighted by Crippen LogP contribution is 2.08. The lowest BCUT2D eigenvalue weighted by molar-refractivity contribution is -0.141. The Hall–Kier alpha value is -3.72. The summed E-state index contributed by atoms with van der Waals surface area (Å²) in [4.78, 5) is 50.1. The van der Waals surface area contributed by atoms with Crippen molar-refractivity contribution in [3.63, 3.8) is 0 Å². The number of carboxylic acid groups (broad SMARTS) is 1. The molecule has 0 aromatic heterocycles. The van der Waals surface area contributed by atoms with E-state index in [1.807, 2.05) is 36.4 Å². The lowest BCUT2D eigenvalue weighted by atomic mass is 10.0. The number of carbonyl (C=O) groups excluding carboxylic acids is 3. The van der Waals surface area contributed by atoms with Gasteiger partial charge in [0.25, 0.3) is 0 Å². The van der Waals surface area contributed by atoms with Crippen molar-refractivity contribution in [3.8, 4) is 0 Å². The van der Waals surface area contributed by atoms with Crippen LogP contribution < -0.4 is 21.7 Å². The Kier molecular flexibility index (Phi) is 10.4. The molecule has 0 fully saturated rings. The maximum absolute atomic E-state index is 13.3. The van der Waals surface area contributed by atoms with Crippen LogP contribution in [0.2, 0.25) is 0 Å². The first-order valence-electron chi connectivity index (χ1n) is 11.6. The monoisotopic (exact) mass is 482 g/mol. The summed E-state index contributed by atoms with van der Waals surface area (Å²) >= 11 is 0. The predicted octanol–water partition coefficient (Wildman–Crippen LogP) is 1.01. The van der Waals surface area contributed by atoms with Crippen LogP contribution in [-0.2, 0) is 32.0 Å². The number of benzene rings is 2. The normalized spacial score (nSPS) is 14.3. The van der Waals surface area contributed by atoms with Gasteiger partial charge in [0.2, 0.25) is 17.7 Å². The number of carboxylic acids is 1. The molecule has 0 aliphatic carbocycles. The van der Waals surface area contributed by atoms with Crippen molar-refractivity contribution in [1.29, 1.82) is 0 Å². The number of amides is 3. The van der Waals surface area contributed by atoms with Crippen LogP contribution in [0.25, 0.3) is 0 Å². The third-order valence-electron chi connectivity index (χ3n) is 5.58. The molecule has 0 radical (unpaired) electrons. The molecule has 2 aromatic carbocycles. The Morgan fingerprint density at radius 3 is 1.51 bits per heavy atom. The van der Waals surface area contributed by atoms with Crippen LogP contribution in [0.15, 0.2) is 60.7 Å². The largest absolute Gasteiger partial charge is 0.480 e. The highest BCUT2D eigenvalue weighted by Gasteiger charge is 2.30. The second-order valence-electron chi connectivity index (χ2n) is 8.84. The number of hydrogen-bond acceptors (Lipinski definition) is 5. The van der Waals surface area contributed by atoms with E-state index in [4.69, 9.17) is 5.73 Å². The van der Waals surface area contributed by atoms with Gasteiger partial charge in [-0.25, -0.2) is 0 Å². The summed E-state index contributed by atoms with van der Waals surface area (Å²) in [6.45, 7) is 4.95. The lowest BCUT2D eigenvalue weighted by Crippen LogP contribution is -2.58. The average Bonchev–Trinajstić information content (AvgIpc) is 2.83. The first kappa shape index (κ1) is 27.5. The number of nitrogens with one attached hydrogen (secondary N) is 3. The fourth-order valence-electron chi connectivity index (χ4n) is 3.34. The molecule has 0 heterocycles. The molecule has 0 aliphatic rings. The zero-order chi connectivity index (χ0) is 26.0. The van der Waals surface area contributed by atoms with E-state index < -0.39 is 47.9 Å². The molecule has 188 valence electrons. The third kappa shape index (κ3) is 8.86. The van der Waals surface area contributed by atoms with Gasteiger partial charge >= 0.3 is 5.97 Å². The van der Waals surface area contributed by atoms with Gasteiger partial charge in [-0.1, -0.05) is 74.5 Å². The summed E-state index contributed by atoms with van der Waals surface area (Å²) in [6, 6.07) is 14.2. The minimum absolute atomic E-state index is 0.135. The molecule has 4 atom stereocenters. The van der Waals surface area contributed by atoms with E-state index in [1.165, 1.54) is 6.92 Å². The Bertz CT molecular complexity index is 997. The van der Waals surface area contributed by atoms with Crippen molar-refractivity contribution < 1.29 is 24.3 Å². The summed E-state index contributed by atoms with van der Waals surface area (Å²) < 4.78 is 0. The number of rotatable bonds is 12. The molecule has 35 heavy (non-hydrogen) atoms. The molecule has 4 unspecified atom stereocenters. The van der Waals surface area contributed by atoms with Crippen LogP contribution >= 0.6 is 0 Å². The van der Waals surface area contributed by atoms with E-state index in [1.54, 1.807) is 38.1 Å². The SMILES string of the molecule is CC(NC(=O)C(Cc1ccccc1)NC(=O)C(Cc1ccccc1)NC(=O)C(N)C(C)C)C(=O)O. The summed E-state index contributed by atoms with van der Waals surface area (Å²) in [5.74, 6) is -3.01. The lowest BCUT2D eigenvalue weighted by Gasteiger charge is -2.25. The van der Waals surface area contributed by atoms with Gasteiger partial charge in [-0.3, -0.25) is 19.2 Å². The highest BCUT2D eigenvalue weighted by molar-refractivity contribution is 5.94. The third-order valence-corrected chi connectivity index (χ3v) is 5.58. The Balaban J connectivity index is 2.26. The molecule has 0 aliphatic heterocycles. The van der Waals surface area contributed by atoms with E-state index in [-0.39, 0.29) is 18.8 Å². The van der Waals surface area contributed by atoms with Crippen LogP contribution in [0.3, 0.4) is 0 Å². The van der Waals surface area contributed by atoms with E-state index in [0.717, 1.165) is 11.1 Å². The molecule has 0 saturated carbocycles. The minimum Gasteiger partial charge on any atom is -0.480 e. The van der Waals surface area contributed by atoms with Gasteiger partial charge in [0, 0.05) is 12.8 Å². The van der Waals surface area contributed by atoms with Gasteiger partial charge in [0.05, 0.1) is 6.04 Å². The van der Waals surface area contributed by atoms with Crippen molar-refractivity contribution in [2.45, 2.75) is 57.8 Å². The molecular formula is C26H34N4O5. The van der Waals surface area contributed by atoms with Gasteiger partial charge in [0.1, 0.15) is 18.1 Å². The van der Waals surface area contributed by atoms with Crippen LogP contribution in [0.1, 0.15) is 31.9 Å². The van der Waals surface area contributed by atoms with Gasteiger partial charge < -0.3 is 26.8 Å². The zero-order valence-electron chi connectivity index (χ0n) is 20.2. The molecule has 2 aromatic rings. The minimum atomic E-state index is -1.19. The Morgan fingerprint density at radius 2 is 1.11 bits per heavy atom. The fourth-order valence-corrected chi connectivity index (χ4v) is 3.34. The van der Waals surface area contributed by atoms with Gasteiger partial charge in [-0.15, -0.1) is 0 Å². The number of nitrogens with two attached hydrogens (primary N) is 1. The molecule has 0 saturated heterocycles. The zero-order valence-corrected chi connectivity index (χ0v) is 20.2. The number of hydrogen-bond donors (Lipinski definition) is 5. The number of aliphatic carboxylic acids is 1. The van der Waals surface area contributed by atoms with Gasteiger partial charge in [-0.05, 0) is 24.0 Å². The second kappa shape index (κ2) is 13.2. The summed E-state index contributed by atoms with van der Waals surface area (Å²) in [5, 5.41) is 17.0. The molecule has 2 rings (SSSR count). The van der Waals surface area contributed by atoms with Crippen molar-refractivity contribution >= 4 is 23.7 Å². The fraction of sp³-hybridized carbons (Fsp3) is 0.385. The molecule has 3 amide bonds. The van der Waals surface area contributed by atoms with Crippen LogP contribution in [0.4, 0.5) is 0 Å². The van der Waals surface area contributed by atoms with Crippen molar-refractivity contribution in [2.75, 3.05) is 0 Å². The molecule has 6 N–H and O–H groups in total. The van der Waals surface area contributed by atoms with E-state index in [9.17, 15) is 24.3 Å². The summed E-state index contributed by atoms with van der Waals surface area (Å²) in [7, 11) is 0. The van der Waals surface area contributed by atoms with Crippen LogP contribution in [0, 0.1) is 5.92 Å². The maximum atomic E-state index is 13.3. The second-order valence-corrected chi connectivity index (χ2v) is 8.84. The topological polar surface area (TPSA) is 151 Å². The molecular weight excluding hydrogens is 448 g/mol. The molecule has 9 heteroatoms. The van der Waals surface area contributed by atoms with E-state index in [0.29, 0.717) is 0 Å². The van der Waals surface area contributed by atoms with Crippen LogP contribution in [-0.4, -0.2) is 53.0 Å². The van der Waals surface area contributed by atoms with Crippen molar-refractivity contribution in [1.82, 2.24) is 16.0 Å². The maximum Gasteiger partial charge on any atom is 0.325 e. The summed E-state index contributed by atoms with van der Waals surface area (Å²) in [6.07, 6.45) is 0.330. The van der Waals surface area contributed by atoms with E-state index in [2.05, 4.69) is 16.0 Å². The average molecular weight is 483 g/mol. The smallest absolute Gasteiger partial charge is 0.325 e. The Labute approximate surface area is 205 Å². The summed E-state index contributed by atoms with van der Waals surface area (Å²) in [5.41, 5.74) is 7.57. The number of carbonyl (C=O) groups is 4. The van der Waals surface area contributed by atoms with Gasteiger partial charge in [0.15, 0.2) is 0 Å². The van der Waals surface area contributed by atoms with E-state index >= 15 is 0 Å². The van der Waals surface area contributed by atoms with Crippen molar-refractivity contribution in [3.05, 3.63) is 71.8 Å². The molecule has 0 bridgehead atoms. The quantitative estimate of drug-likeness (QED) is 0.305. The van der Waals surface area contributed by atoms with Crippen molar-refractivity contribution in [2.24, 2.45) is 11.7 Å². The van der Waals surface area contributed by atoms with Gasteiger partial charge in [-0.2, -0.15) is 0 Å². The molecule has 9 nitrogen and oxygen atoms in total. The molecule has 0 spiro atoms. The first-order valence-corrected chi connectivity index (χ1v) is 11.6. The predicted molar refractivity (Wildman–Crippen MR) is 132 cm³/mol. The first-order chi connectivity index (χ1) is 16.6.